The smallest absolute Gasteiger partial charge is 0.122 e. The average molecular weight is 201 g/mol. The maximum atomic E-state index is 5.69. The molecule has 2 heteroatoms. The topological polar surface area (TPSA) is 35.2 Å². The number of ether oxygens (including phenoxy) is 1. The summed E-state index contributed by atoms with van der Waals surface area (Å²) in [5.41, 5.74) is 7.47. The first kappa shape index (κ1) is 11.2. The van der Waals surface area contributed by atoms with Crippen molar-refractivity contribution >= 4 is 5.69 Å². The van der Waals surface area contributed by atoms with Gasteiger partial charge in [0.25, 0.3) is 0 Å². The van der Waals surface area contributed by atoms with Gasteiger partial charge in [-0.15, -0.1) is 18.9 Å². The molecule has 1 rings (SSSR count). The van der Waals surface area contributed by atoms with Crippen LogP contribution in [-0.2, 0) is 6.42 Å². The van der Waals surface area contributed by atoms with Gasteiger partial charge in [-0.2, -0.15) is 0 Å². The number of hydrogen-bond donors (Lipinski definition) is 1. The van der Waals surface area contributed by atoms with E-state index < -0.39 is 0 Å². The molecule has 0 aliphatic carbocycles. The normalized spacial score (nSPS) is 9.27. The number of hydrogen-bond acceptors (Lipinski definition) is 2. The van der Waals surface area contributed by atoms with Crippen LogP contribution in [0.4, 0.5) is 5.69 Å². The number of terminal acetylenes is 1. The van der Waals surface area contributed by atoms with E-state index in [0.717, 1.165) is 23.4 Å². The summed E-state index contributed by atoms with van der Waals surface area (Å²) in [6, 6.07) is 5.58. The molecule has 0 aromatic heterocycles. The zero-order valence-corrected chi connectivity index (χ0v) is 8.70. The van der Waals surface area contributed by atoms with Gasteiger partial charge in [-0.1, -0.05) is 6.08 Å². The predicted octanol–water partition coefficient (Wildman–Crippen LogP) is 2.40. The minimum Gasteiger partial charge on any atom is -0.492 e. The maximum absolute atomic E-state index is 5.69. The summed E-state index contributed by atoms with van der Waals surface area (Å²) >= 11 is 0. The van der Waals surface area contributed by atoms with Gasteiger partial charge in [-0.25, -0.2) is 0 Å². The molecule has 0 radical (unpaired) electrons. The molecule has 0 saturated heterocycles. The quantitative estimate of drug-likeness (QED) is 0.343. The Balaban J connectivity index is 2.76. The number of nitrogen functional groups attached to an aromatic ring is 1. The fourth-order valence-electron chi connectivity index (χ4n) is 1.28. The number of anilines is 1. The fraction of sp³-hybridized carbons (Fsp3) is 0.231. The molecule has 0 heterocycles. The minimum atomic E-state index is 0.532. The molecule has 0 aliphatic rings. The van der Waals surface area contributed by atoms with Gasteiger partial charge in [0.2, 0.25) is 0 Å². The van der Waals surface area contributed by atoms with Gasteiger partial charge in [-0.3, -0.25) is 0 Å². The third-order valence-corrected chi connectivity index (χ3v) is 1.95. The van der Waals surface area contributed by atoms with Crippen molar-refractivity contribution in [2.24, 2.45) is 0 Å². The Hall–Kier alpha value is -1.88. The van der Waals surface area contributed by atoms with Crippen molar-refractivity contribution in [3.8, 4) is 18.1 Å². The van der Waals surface area contributed by atoms with Gasteiger partial charge in [-0.05, 0) is 30.2 Å². The summed E-state index contributed by atoms with van der Waals surface area (Å²) < 4.78 is 5.54. The van der Waals surface area contributed by atoms with Gasteiger partial charge >= 0.3 is 0 Å². The van der Waals surface area contributed by atoms with Gasteiger partial charge in [0, 0.05) is 12.1 Å². The Labute approximate surface area is 90.7 Å². The summed E-state index contributed by atoms with van der Waals surface area (Å²) in [4.78, 5) is 0. The monoisotopic (exact) mass is 201 g/mol. The van der Waals surface area contributed by atoms with E-state index in [-0.39, 0.29) is 0 Å². The van der Waals surface area contributed by atoms with E-state index in [1.165, 1.54) is 0 Å². The standard InChI is InChI=1S/C13H15NO/c1-3-5-9-15-13-8-7-12(14)10-11(13)6-4-2/h1,4,7-8,10H,2,5-6,9,14H2. The van der Waals surface area contributed by atoms with Crippen molar-refractivity contribution in [2.45, 2.75) is 12.8 Å². The third kappa shape index (κ3) is 3.40. The van der Waals surface area contributed by atoms with E-state index in [1.54, 1.807) is 0 Å². The van der Waals surface area contributed by atoms with Gasteiger partial charge in [0.1, 0.15) is 5.75 Å². The van der Waals surface area contributed by atoms with Crippen molar-refractivity contribution in [3.05, 3.63) is 36.4 Å². The molecule has 0 spiro atoms. The molecule has 0 amide bonds. The molecule has 0 atom stereocenters. The number of allylic oxidation sites excluding steroid dienone is 1. The molecule has 1 aromatic rings. The summed E-state index contributed by atoms with van der Waals surface area (Å²) in [5, 5.41) is 0. The van der Waals surface area contributed by atoms with Crippen molar-refractivity contribution < 1.29 is 4.74 Å². The zero-order valence-electron chi connectivity index (χ0n) is 8.70. The Morgan fingerprint density at radius 2 is 2.33 bits per heavy atom. The SMILES string of the molecule is C#CCCOc1ccc(N)cc1CC=C. The molecule has 0 aliphatic heterocycles. The van der Waals surface area contributed by atoms with Crippen molar-refractivity contribution in [1.29, 1.82) is 0 Å². The third-order valence-electron chi connectivity index (χ3n) is 1.95. The van der Waals surface area contributed by atoms with Gasteiger partial charge in [0.05, 0.1) is 6.61 Å². The van der Waals surface area contributed by atoms with E-state index in [4.69, 9.17) is 16.9 Å². The van der Waals surface area contributed by atoms with E-state index in [1.807, 2.05) is 24.3 Å². The summed E-state index contributed by atoms with van der Waals surface area (Å²) in [6.07, 6.45) is 8.33. The van der Waals surface area contributed by atoms with Crippen molar-refractivity contribution in [2.75, 3.05) is 12.3 Å². The lowest BCUT2D eigenvalue weighted by Gasteiger charge is -2.09. The van der Waals surface area contributed by atoms with Crippen LogP contribution in [0.15, 0.2) is 30.9 Å². The molecular formula is C13H15NO. The van der Waals surface area contributed by atoms with Crippen LogP contribution in [0, 0.1) is 12.3 Å². The van der Waals surface area contributed by atoms with Crippen LogP contribution >= 0.6 is 0 Å². The zero-order chi connectivity index (χ0) is 11.1. The minimum absolute atomic E-state index is 0.532. The molecular weight excluding hydrogens is 186 g/mol. The first-order chi connectivity index (χ1) is 7.27. The predicted molar refractivity (Wildman–Crippen MR) is 63.7 cm³/mol. The van der Waals surface area contributed by atoms with Crippen LogP contribution in [-0.4, -0.2) is 6.61 Å². The largest absolute Gasteiger partial charge is 0.492 e. The molecule has 2 N–H and O–H groups in total. The van der Waals surface area contributed by atoms with Crippen LogP contribution in [0.25, 0.3) is 0 Å². The van der Waals surface area contributed by atoms with Gasteiger partial charge in [0.15, 0.2) is 0 Å². The molecule has 15 heavy (non-hydrogen) atoms. The highest BCUT2D eigenvalue weighted by Gasteiger charge is 2.02. The fourth-order valence-corrected chi connectivity index (χ4v) is 1.28. The van der Waals surface area contributed by atoms with Crippen molar-refractivity contribution in [1.82, 2.24) is 0 Å². The molecule has 1 aromatic carbocycles. The molecule has 2 nitrogen and oxygen atoms in total. The first-order valence-corrected chi connectivity index (χ1v) is 4.83. The Morgan fingerprint density at radius 3 is 3.00 bits per heavy atom. The van der Waals surface area contributed by atoms with Gasteiger partial charge < -0.3 is 10.5 Å². The lowest BCUT2D eigenvalue weighted by Crippen LogP contribution is -2.00. The van der Waals surface area contributed by atoms with E-state index in [0.29, 0.717) is 13.0 Å². The van der Waals surface area contributed by atoms with Crippen LogP contribution < -0.4 is 10.5 Å². The molecule has 0 fully saturated rings. The molecule has 0 bridgehead atoms. The lowest BCUT2D eigenvalue weighted by atomic mass is 10.1. The lowest BCUT2D eigenvalue weighted by molar-refractivity contribution is 0.324. The Morgan fingerprint density at radius 1 is 1.53 bits per heavy atom. The van der Waals surface area contributed by atoms with E-state index in [2.05, 4.69) is 12.5 Å². The Bertz CT molecular complexity index is 377. The van der Waals surface area contributed by atoms with Crippen LogP contribution in [0.3, 0.4) is 0 Å². The van der Waals surface area contributed by atoms with E-state index >= 15 is 0 Å². The number of nitrogens with two attached hydrogens (primary N) is 1. The second-order valence-electron chi connectivity index (χ2n) is 3.16. The first-order valence-electron chi connectivity index (χ1n) is 4.83. The van der Waals surface area contributed by atoms with Crippen LogP contribution in [0.2, 0.25) is 0 Å². The molecule has 0 unspecified atom stereocenters. The summed E-state index contributed by atoms with van der Waals surface area (Å²) in [6.45, 7) is 4.23. The highest BCUT2D eigenvalue weighted by Crippen LogP contribution is 2.22. The molecule has 78 valence electrons. The van der Waals surface area contributed by atoms with Crippen LogP contribution in [0.1, 0.15) is 12.0 Å². The highest BCUT2D eigenvalue weighted by atomic mass is 16.5. The second kappa shape index (κ2) is 5.77. The second-order valence-corrected chi connectivity index (χ2v) is 3.16. The summed E-state index contributed by atoms with van der Waals surface area (Å²) in [7, 11) is 0. The van der Waals surface area contributed by atoms with E-state index in [9.17, 15) is 0 Å². The summed E-state index contributed by atoms with van der Waals surface area (Å²) in [5.74, 6) is 3.36. The highest BCUT2D eigenvalue weighted by molar-refractivity contribution is 5.48. The Kier molecular flexibility index (Phi) is 4.30. The number of benzene rings is 1. The number of rotatable bonds is 5. The van der Waals surface area contributed by atoms with Crippen molar-refractivity contribution in [3.63, 3.8) is 0 Å². The van der Waals surface area contributed by atoms with Crippen LogP contribution in [0.5, 0.6) is 5.75 Å². The molecule has 0 saturated carbocycles. The maximum Gasteiger partial charge on any atom is 0.122 e. The average Bonchev–Trinajstić information content (AvgIpc) is 2.22.